The fraction of sp³-hybridized carbons (Fsp3) is 0.794. The molecule has 4 heterocycles. The van der Waals surface area contributed by atoms with Gasteiger partial charge in [0.15, 0.2) is 0 Å². The number of rotatable bonds is 14. The van der Waals surface area contributed by atoms with Crippen molar-refractivity contribution in [3.05, 3.63) is 18.0 Å². The standard InChI is InChI=1S/C34H60N12O2/c1-34(2,3)48-33(47)45-18-12-27(13-19-45)37-30-24-31(44-20-14-35-15-21-44)39-32(38-30)36-25-28-26-46(41-40-28)17-9-16-42(4)22-23-43(5)29-10-7-6-8-11-29/h24,26-27,29,35H,6-23,25H2,1-5H3,(H2,36,37,38,39). The van der Waals surface area contributed by atoms with E-state index in [-0.39, 0.29) is 12.1 Å². The Hall–Kier alpha value is -3.23. The van der Waals surface area contributed by atoms with E-state index in [1.165, 1.54) is 32.1 Å². The van der Waals surface area contributed by atoms with Crippen molar-refractivity contribution in [3.63, 3.8) is 0 Å². The number of hydrogen-bond donors (Lipinski definition) is 3. The lowest BCUT2D eigenvalue weighted by atomic mass is 9.94. The van der Waals surface area contributed by atoms with Crippen molar-refractivity contribution >= 4 is 23.7 Å². The smallest absolute Gasteiger partial charge is 0.410 e. The van der Waals surface area contributed by atoms with Gasteiger partial charge in [-0.1, -0.05) is 24.5 Å². The predicted molar refractivity (Wildman–Crippen MR) is 191 cm³/mol. The molecule has 3 fully saturated rings. The largest absolute Gasteiger partial charge is 0.444 e. The molecule has 0 unspecified atom stereocenters. The van der Waals surface area contributed by atoms with Crippen molar-refractivity contribution in [2.24, 2.45) is 0 Å². The van der Waals surface area contributed by atoms with Crippen LogP contribution in [0.5, 0.6) is 0 Å². The monoisotopic (exact) mass is 668 g/mol. The SMILES string of the molecule is CN(CCCn1cc(CNc2nc(NC3CCN(C(=O)OC(C)(C)C)CC3)cc(N3CCNCC3)n2)nn1)CCN(C)C1CCCCC1. The van der Waals surface area contributed by atoms with Gasteiger partial charge in [0.25, 0.3) is 0 Å². The third-order valence-corrected chi connectivity index (χ3v) is 9.63. The molecule has 1 saturated carbocycles. The number of likely N-dealkylation sites (tertiary alicyclic amines) is 1. The van der Waals surface area contributed by atoms with Gasteiger partial charge in [-0.05, 0) is 73.5 Å². The molecule has 2 aromatic rings. The zero-order valence-electron chi connectivity index (χ0n) is 30.1. The van der Waals surface area contributed by atoms with E-state index >= 15 is 0 Å². The Bertz CT molecular complexity index is 1260. The Balaban J connectivity index is 1.09. The van der Waals surface area contributed by atoms with Crippen molar-refractivity contribution in [1.29, 1.82) is 0 Å². The van der Waals surface area contributed by atoms with Crippen molar-refractivity contribution in [1.82, 2.24) is 45.0 Å². The summed E-state index contributed by atoms with van der Waals surface area (Å²) in [5, 5.41) is 19.2. The van der Waals surface area contributed by atoms with Gasteiger partial charge in [-0.15, -0.1) is 5.10 Å². The molecule has 0 spiro atoms. The van der Waals surface area contributed by atoms with E-state index in [1.54, 1.807) is 4.90 Å². The first-order valence-corrected chi connectivity index (χ1v) is 18.2. The maximum atomic E-state index is 12.5. The maximum absolute atomic E-state index is 12.5. The quantitative estimate of drug-likeness (QED) is 0.272. The summed E-state index contributed by atoms with van der Waals surface area (Å²) in [4.78, 5) is 31.3. The number of aryl methyl sites for hydroxylation is 1. The number of aromatic nitrogens is 5. The number of likely N-dealkylation sites (N-methyl/N-ethyl adjacent to an activating group) is 2. The highest BCUT2D eigenvalue weighted by atomic mass is 16.6. The molecule has 2 aromatic heterocycles. The molecular formula is C34H60N12O2. The van der Waals surface area contributed by atoms with Crippen LogP contribution in [0, 0.1) is 0 Å². The Kier molecular flexibility index (Phi) is 13.1. The minimum atomic E-state index is -0.493. The zero-order chi connectivity index (χ0) is 33.9. The topological polar surface area (TPSA) is 132 Å². The van der Waals surface area contributed by atoms with Crippen LogP contribution in [0.1, 0.15) is 77.8 Å². The summed E-state index contributed by atoms with van der Waals surface area (Å²) < 4.78 is 7.51. The second-order valence-electron chi connectivity index (χ2n) is 14.8. The molecule has 5 rings (SSSR count). The van der Waals surface area contributed by atoms with Crippen LogP contribution in [-0.2, 0) is 17.8 Å². The van der Waals surface area contributed by atoms with Gasteiger partial charge in [0.2, 0.25) is 5.95 Å². The Morgan fingerprint density at radius 3 is 2.48 bits per heavy atom. The third kappa shape index (κ3) is 11.4. The minimum absolute atomic E-state index is 0.207. The van der Waals surface area contributed by atoms with Gasteiger partial charge >= 0.3 is 6.09 Å². The molecule has 14 heteroatoms. The fourth-order valence-electron chi connectivity index (χ4n) is 6.73. The highest BCUT2D eigenvalue weighted by Gasteiger charge is 2.27. The van der Waals surface area contributed by atoms with Crippen molar-refractivity contribution in [2.45, 2.75) is 103 Å². The molecule has 268 valence electrons. The van der Waals surface area contributed by atoms with Crippen molar-refractivity contribution in [3.8, 4) is 0 Å². The molecule has 2 aliphatic heterocycles. The number of piperidine rings is 1. The molecule has 1 amide bonds. The van der Waals surface area contributed by atoms with Gasteiger partial charge < -0.3 is 40.3 Å². The van der Waals surface area contributed by atoms with Gasteiger partial charge in [0.1, 0.15) is 22.9 Å². The molecule has 48 heavy (non-hydrogen) atoms. The normalized spacial score (nSPS) is 18.5. The number of nitrogens with one attached hydrogen (secondary N) is 3. The molecule has 0 radical (unpaired) electrons. The van der Waals surface area contributed by atoms with Crippen LogP contribution in [0.4, 0.5) is 22.4 Å². The molecule has 3 aliphatic rings. The second kappa shape index (κ2) is 17.4. The van der Waals surface area contributed by atoms with Crippen LogP contribution < -0.4 is 20.9 Å². The predicted octanol–water partition coefficient (Wildman–Crippen LogP) is 3.49. The summed E-state index contributed by atoms with van der Waals surface area (Å²) in [5.74, 6) is 2.25. The van der Waals surface area contributed by atoms with Crippen LogP contribution in [0.25, 0.3) is 0 Å². The Labute approximate surface area is 287 Å². The van der Waals surface area contributed by atoms with Gasteiger partial charge in [-0.2, -0.15) is 9.97 Å². The fourth-order valence-corrected chi connectivity index (χ4v) is 6.73. The number of nitrogens with zero attached hydrogens (tertiary/aromatic N) is 9. The molecule has 0 atom stereocenters. The molecule has 14 nitrogen and oxygen atoms in total. The number of piperazine rings is 1. The van der Waals surface area contributed by atoms with Crippen LogP contribution in [0.15, 0.2) is 12.3 Å². The van der Waals surface area contributed by atoms with Gasteiger partial charge in [-0.3, -0.25) is 4.68 Å². The molecule has 3 N–H and O–H groups in total. The summed E-state index contributed by atoms with van der Waals surface area (Å²) in [5.41, 5.74) is 0.366. The van der Waals surface area contributed by atoms with E-state index in [0.717, 1.165) is 95.0 Å². The number of carbonyl (C=O) groups is 1. The summed E-state index contributed by atoms with van der Waals surface area (Å²) >= 11 is 0. The first kappa shape index (κ1) is 36.1. The number of anilines is 3. The summed E-state index contributed by atoms with van der Waals surface area (Å²) in [6, 6.07) is 3.01. The Morgan fingerprint density at radius 2 is 1.75 bits per heavy atom. The third-order valence-electron chi connectivity index (χ3n) is 9.63. The lowest BCUT2D eigenvalue weighted by Gasteiger charge is -2.34. The van der Waals surface area contributed by atoms with Crippen molar-refractivity contribution < 1.29 is 9.53 Å². The zero-order valence-corrected chi connectivity index (χ0v) is 30.1. The number of carbonyl (C=O) groups excluding carboxylic acids is 1. The minimum Gasteiger partial charge on any atom is -0.444 e. The van der Waals surface area contributed by atoms with Crippen LogP contribution >= 0.6 is 0 Å². The lowest BCUT2D eigenvalue weighted by Crippen LogP contribution is -2.45. The van der Waals surface area contributed by atoms with Gasteiger partial charge in [0.05, 0.1) is 12.7 Å². The Morgan fingerprint density at radius 1 is 1.00 bits per heavy atom. The van der Waals surface area contributed by atoms with E-state index in [9.17, 15) is 4.79 Å². The first-order chi connectivity index (χ1) is 23.1. The van der Waals surface area contributed by atoms with Crippen LogP contribution in [0.3, 0.4) is 0 Å². The molecule has 0 bridgehead atoms. The highest BCUT2D eigenvalue weighted by molar-refractivity contribution is 5.68. The van der Waals surface area contributed by atoms with E-state index in [1.807, 2.05) is 37.7 Å². The van der Waals surface area contributed by atoms with Crippen molar-refractivity contribution in [2.75, 3.05) is 88.5 Å². The molecule has 1 aliphatic carbocycles. The average molecular weight is 669 g/mol. The van der Waals surface area contributed by atoms with E-state index in [4.69, 9.17) is 14.7 Å². The summed E-state index contributed by atoms with van der Waals surface area (Å²) in [7, 11) is 4.51. The number of amides is 1. The average Bonchev–Trinajstić information content (AvgIpc) is 3.54. The van der Waals surface area contributed by atoms with E-state index in [2.05, 4.69) is 55.1 Å². The molecule has 0 aromatic carbocycles. The first-order valence-electron chi connectivity index (χ1n) is 18.2. The molecular weight excluding hydrogens is 608 g/mol. The van der Waals surface area contributed by atoms with E-state index < -0.39 is 5.60 Å². The van der Waals surface area contributed by atoms with Crippen LogP contribution in [0.2, 0.25) is 0 Å². The molecule has 2 saturated heterocycles. The highest BCUT2D eigenvalue weighted by Crippen LogP contribution is 2.24. The van der Waals surface area contributed by atoms with Gasteiger partial charge in [0, 0.05) is 77.1 Å². The second-order valence-corrected chi connectivity index (χ2v) is 14.8. The number of hydrogen-bond acceptors (Lipinski definition) is 12. The van der Waals surface area contributed by atoms with E-state index in [0.29, 0.717) is 25.6 Å². The summed E-state index contributed by atoms with van der Waals surface area (Å²) in [6.07, 6.45) is 11.3. The van der Waals surface area contributed by atoms with Gasteiger partial charge in [-0.25, -0.2) is 4.79 Å². The maximum Gasteiger partial charge on any atom is 0.410 e. The van der Waals surface area contributed by atoms with Crippen LogP contribution in [-0.4, -0.2) is 136 Å². The summed E-state index contributed by atoms with van der Waals surface area (Å²) in [6.45, 7) is 15.2. The lowest BCUT2D eigenvalue weighted by molar-refractivity contribution is 0.0210. The number of ether oxygens (including phenoxy) is 1.